The Kier molecular flexibility index (Phi) is 6.39. The lowest BCUT2D eigenvalue weighted by atomic mass is 10.2. The van der Waals surface area contributed by atoms with Crippen molar-refractivity contribution < 1.29 is 0 Å². The van der Waals surface area contributed by atoms with Crippen LogP contribution in [0.1, 0.15) is 37.4 Å². The van der Waals surface area contributed by atoms with E-state index in [0.29, 0.717) is 0 Å². The SMILES string of the molecule is CCc1cc(-c2nnc(SCc3csc(-c4ccccc4Cl)n3)n2C(C)C)cs1. The van der Waals surface area contributed by atoms with Gasteiger partial charge < -0.3 is 0 Å². The van der Waals surface area contributed by atoms with Crippen LogP contribution in [0.5, 0.6) is 0 Å². The molecule has 29 heavy (non-hydrogen) atoms. The lowest BCUT2D eigenvalue weighted by Gasteiger charge is -2.12. The Morgan fingerprint density at radius 3 is 2.69 bits per heavy atom. The van der Waals surface area contributed by atoms with Crippen LogP contribution in [-0.4, -0.2) is 19.7 Å². The van der Waals surface area contributed by atoms with Crippen LogP contribution in [0, 0.1) is 0 Å². The molecule has 0 amide bonds. The summed E-state index contributed by atoms with van der Waals surface area (Å²) < 4.78 is 2.22. The van der Waals surface area contributed by atoms with Crippen LogP contribution in [0.25, 0.3) is 22.0 Å². The molecule has 4 nitrogen and oxygen atoms in total. The number of benzene rings is 1. The van der Waals surface area contributed by atoms with E-state index in [2.05, 4.69) is 52.4 Å². The fourth-order valence-electron chi connectivity index (χ4n) is 2.99. The second-order valence-electron chi connectivity index (χ2n) is 6.84. The molecule has 150 valence electrons. The molecule has 0 atom stereocenters. The van der Waals surface area contributed by atoms with Gasteiger partial charge in [-0.1, -0.05) is 48.5 Å². The number of rotatable bonds is 7. The molecule has 3 aromatic heterocycles. The summed E-state index contributed by atoms with van der Waals surface area (Å²) in [4.78, 5) is 6.13. The number of thioether (sulfide) groups is 1. The Hall–Kier alpha value is -1.67. The normalized spacial score (nSPS) is 11.5. The minimum atomic E-state index is 0.279. The summed E-state index contributed by atoms with van der Waals surface area (Å²) >= 11 is 11.4. The number of hydrogen-bond donors (Lipinski definition) is 0. The second kappa shape index (κ2) is 9.00. The number of thiazole rings is 1. The van der Waals surface area contributed by atoms with Crippen molar-refractivity contribution in [3.05, 3.63) is 56.7 Å². The zero-order chi connectivity index (χ0) is 20.4. The molecular weight excluding hydrogens is 440 g/mol. The summed E-state index contributed by atoms with van der Waals surface area (Å²) in [5, 5.41) is 15.8. The van der Waals surface area contributed by atoms with Crippen molar-refractivity contribution in [2.24, 2.45) is 0 Å². The van der Waals surface area contributed by atoms with Crippen LogP contribution < -0.4 is 0 Å². The van der Waals surface area contributed by atoms with Crippen molar-refractivity contribution in [1.82, 2.24) is 19.7 Å². The smallest absolute Gasteiger partial charge is 0.192 e. The topological polar surface area (TPSA) is 43.6 Å². The number of thiophene rings is 1. The van der Waals surface area contributed by atoms with E-state index >= 15 is 0 Å². The fraction of sp³-hybridized carbons (Fsp3) is 0.286. The summed E-state index contributed by atoms with van der Waals surface area (Å²) in [6, 6.07) is 10.3. The lowest BCUT2D eigenvalue weighted by Crippen LogP contribution is -2.04. The van der Waals surface area contributed by atoms with Crippen molar-refractivity contribution in [2.75, 3.05) is 0 Å². The van der Waals surface area contributed by atoms with Crippen molar-refractivity contribution in [3.63, 3.8) is 0 Å². The number of aromatic nitrogens is 4. The maximum absolute atomic E-state index is 6.31. The highest BCUT2D eigenvalue weighted by atomic mass is 35.5. The highest BCUT2D eigenvalue weighted by Crippen LogP contribution is 2.34. The molecule has 0 bridgehead atoms. The van der Waals surface area contributed by atoms with Gasteiger partial charge >= 0.3 is 0 Å². The number of aryl methyl sites for hydroxylation is 1. The first-order valence-corrected chi connectivity index (χ1v) is 12.5. The second-order valence-corrected chi connectivity index (χ2v) is 10.0. The van der Waals surface area contributed by atoms with E-state index in [1.54, 1.807) is 34.4 Å². The zero-order valence-corrected chi connectivity index (χ0v) is 19.6. The minimum Gasteiger partial charge on any atom is -0.299 e. The average molecular weight is 461 g/mol. The highest BCUT2D eigenvalue weighted by molar-refractivity contribution is 7.98. The predicted molar refractivity (Wildman–Crippen MR) is 125 cm³/mol. The third-order valence-electron chi connectivity index (χ3n) is 4.45. The van der Waals surface area contributed by atoms with Gasteiger partial charge in [-0.2, -0.15) is 0 Å². The molecule has 0 N–H and O–H groups in total. The standard InChI is InChI=1S/C21H21ClN4S3/c1-4-16-9-14(10-27-16)19-24-25-21(26(19)13(2)3)29-12-15-11-28-20(23-15)17-7-5-6-8-18(17)22/h5-11,13H,4,12H2,1-3H3. The molecule has 0 saturated heterocycles. The molecule has 0 radical (unpaired) electrons. The molecule has 4 rings (SSSR count). The first-order chi connectivity index (χ1) is 14.1. The third-order valence-corrected chi connectivity index (χ3v) is 7.76. The van der Waals surface area contributed by atoms with E-state index in [1.165, 1.54) is 4.88 Å². The molecule has 0 fully saturated rings. The monoisotopic (exact) mass is 460 g/mol. The number of halogens is 1. The van der Waals surface area contributed by atoms with Gasteiger partial charge in [-0.15, -0.1) is 32.9 Å². The molecule has 0 saturated carbocycles. The van der Waals surface area contributed by atoms with Gasteiger partial charge in [0.1, 0.15) is 5.01 Å². The van der Waals surface area contributed by atoms with E-state index in [9.17, 15) is 0 Å². The van der Waals surface area contributed by atoms with Gasteiger partial charge in [-0.05, 0) is 32.4 Å². The summed E-state index contributed by atoms with van der Waals surface area (Å²) in [7, 11) is 0. The van der Waals surface area contributed by atoms with Crippen molar-refractivity contribution in [3.8, 4) is 22.0 Å². The van der Waals surface area contributed by atoms with Gasteiger partial charge in [0.25, 0.3) is 0 Å². The largest absolute Gasteiger partial charge is 0.299 e. The van der Waals surface area contributed by atoms with E-state index in [1.807, 2.05) is 24.3 Å². The minimum absolute atomic E-state index is 0.279. The van der Waals surface area contributed by atoms with E-state index in [-0.39, 0.29) is 6.04 Å². The summed E-state index contributed by atoms with van der Waals surface area (Å²) in [5.74, 6) is 1.68. The van der Waals surface area contributed by atoms with Gasteiger partial charge in [0, 0.05) is 38.6 Å². The Labute approximate surface area is 188 Å². The lowest BCUT2D eigenvalue weighted by molar-refractivity contribution is 0.555. The van der Waals surface area contributed by atoms with Crippen molar-refractivity contribution >= 4 is 46.0 Å². The Balaban J connectivity index is 1.54. The molecule has 3 heterocycles. The van der Waals surface area contributed by atoms with E-state index in [0.717, 1.165) is 50.0 Å². The number of nitrogens with zero attached hydrogens (tertiary/aromatic N) is 4. The molecule has 0 aliphatic heterocycles. The molecule has 1 aromatic carbocycles. The zero-order valence-electron chi connectivity index (χ0n) is 16.4. The molecule has 8 heteroatoms. The average Bonchev–Trinajstić information content (AvgIpc) is 3.45. The maximum Gasteiger partial charge on any atom is 0.192 e. The van der Waals surface area contributed by atoms with Crippen LogP contribution in [-0.2, 0) is 12.2 Å². The molecular formula is C21H21ClN4S3. The van der Waals surface area contributed by atoms with Crippen LogP contribution in [0.15, 0.2) is 46.2 Å². The first-order valence-electron chi connectivity index (χ1n) is 9.41. The van der Waals surface area contributed by atoms with Crippen LogP contribution in [0.4, 0.5) is 0 Å². The van der Waals surface area contributed by atoms with Crippen LogP contribution in [0.2, 0.25) is 5.02 Å². The summed E-state index contributed by atoms with van der Waals surface area (Å²) in [5.41, 5.74) is 3.15. The fourth-order valence-corrected chi connectivity index (χ4v) is 6.01. The van der Waals surface area contributed by atoms with Crippen molar-refractivity contribution in [2.45, 2.75) is 44.1 Å². The third kappa shape index (κ3) is 4.43. The van der Waals surface area contributed by atoms with Gasteiger partial charge in [0.15, 0.2) is 11.0 Å². The van der Waals surface area contributed by atoms with Gasteiger partial charge in [0.05, 0.1) is 10.7 Å². The van der Waals surface area contributed by atoms with Crippen molar-refractivity contribution in [1.29, 1.82) is 0 Å². The highest BCUT2D eigenvalue weighted by Gasteiger charge is 2.18. The van der Waals surface area contributed by atoms with Gasteiger partial charge in [-0.25, -0.2) is 4.98 Å². The van der Waals surface area contributed by atoms with E-state index < -0.39 is 0 Å². The van der Waals surface area contributed by atoms with Crippen LogP contribution in [0.3, 0.4) is 0 Å². The molecule has 0 aliphatic carbocycles. The summed E-state index contributed by atoms with van der Waals surface area (Å²) in [6.45, 7) is 6.51. The van der Waals surface area contributed by atoms with Crippen LogP contribution >= 0.6 is 46.0 Å². The number of hydrogen-bond acceptors (Lipinski definition) is 6. The van der Waals surface area contributed by atoms with E-state index in [4.69, 9.17) is 16.6 Å². The molecule has 4 aromatic rings. The predicted octanol–water partition coefficient (Wildman–Crippen LogP) is 7.22. The first kappa shape index (κ1) is 20.6. The molecule has 0 unspecified atom stereocenters. The summed E-state index contributed by atoms with van der Waals surface area (Å²) in [6.07, 6.45) is 1.04. The maximum atomic E-state index is 6.31. The van der Waals surface area contributed by atoms with Gasteiger partial charge in [0.2, 0.25) is 0 Å². The van der Waals surface area contributed by atoms with Gasteiger partial charge in [-0.3, -0.25) is 4.57 Å². The quantitative estimate of drug-likeness (QED) is 0.273. The Morgan fingerprint density at radius 1 is 1.14 bits per heavy atom. The Morgan fingerprint density at radius 2 is 1.97 bits per heavy atom. The molecule has 0 aliphatic rings. The molecule has 0 spiro atoms. The Bertz CT molecular complexity index is 1110.